The monoisotopic (exact) mass is 309 g/mol. The van der Waals surface area contributed by atoms with Crippen molar-refractivity contribution in [1.82, 2.24) is 14.7 Å². The molecule has 122 valence electrons. The number of carboxylic acid groups (broad SMARTS) is 1. The molecule has 1 aliphatic rings. The number of carboxylic acids is 1. The summed E-state index contributed by atoms with van der Waals surface area (Å²) in [6.07, 6.45) is 3.26. The molecule has 7 nitrogen and oxygen atoms in total. The van der Waals surface area contributed by atoms with Gasteiger partial charge in [0.25, 0.3) is 5.91 Å². The molecule has 0 atom stereocenters. The number of hydrogen-bond acceptors (Lipinski definition) is 4. The number of likely N-dealkylation sites (N-methyl/N-ethyl adjacent to an activating group) is 1. The number of aliphatic carboxylic acids is 1. The lowest BCUT2D eigenvalue weighted by Gasteiger charge is -2.31. The first-order valence-electron chi connectivity index (χ1n) is 7.40. The molecule has 0 aromatic carbocycles. The molecule has 0 aliphatic carbocycles. The highest BCUT2D eigenvalue weighted by Crippen LogP contribution is 2.24. The number of nitrogens with zero attached hydrogens (tertiary/aromatic N) is 3. The Morgan fingerprint density at radius 2 is 2.00 bits per heavy atom. The van der Waals surface area contributed by atoms with Crippen LogP contribution >= 0.6 is 0 Å². The van der Waals surface area contributed by atoms with E-state index in [1.807, 2.05) is 11.6 Å². The Balaban J connectivity index is 2.24. The predicted molar refractivity (Wildman–Crippen MR) is 79.9 cm³/mol. The minimum atomic E-state index is -1.27. The number of carbonyl (C=O) groups excluding carboxylic acids is 1. The molecular formula is C15H23N3O4. The van der Waals surface area contributed by atoms with Crippen molar-refractivity contribution >= 4 is 11.9 Å². The summed E-state index contributed by atoms with van der Waals surface area (Å²) in [4.78, 5) is 25.1. The van der Waals surface area contributed by atoms with Gasteiger partial charge >= 0.3 is 5.97 Å². The third-order valence-electron chi connectivity index (χ3n) is 4.48. The third kappa shape index (κ3) is 2.85. The second-order valence-electron chi connectivity index (χ2n) is 6.16. The lowest BCUT2D eigenvalue weighted by molar-refractivity contribution is -0.147. The molecule has 1 aliphatic heterocycles. The molecule has 0 bridgehead atoms. The van der Waals surface area contributed by atoms with Gasteiger partial charge in [0, 0.05) is 26.0 Å². The first-order chi connectivity index (χ1) is 10.3. The molecule has 0 radical (unpaired) electrons. The van der Waals surface area contributed by atoms with Gasteiger partial charge in [-0.25, -0.2) is 4.79 Å². The number of rotatable bonds is 4. The van der Waals surface area contributed by atoms with Crippen LogP contribution in [0.15, 0.2) is 6.20 Å². The van der Waals surface area contributed by atoms with E-state index in [1.54, 1.807) is 0 Å². The molecule has 1 saturated heterocycles. The fourth-order valence-corrected chi connectivity index (χ4v) is 2.51. The van der Waals surface area contributed by atoms with Crippen molar-refractivity contribution in [2.24, 2.45) is 0 Å². The van der Waals surface area contributed by atoms with Gasteiger partial charge in [0.1, 0.15) is 5.54 Å². The zero-order chi connectivity index (χ0) is 16.5. The Hall–Kier alpha value is -1.89. The van der Waals surface area contributed by atoms with E-state index in [1.165, 1.54) is 32.0 Å². The summed E-state index contributed by atoms with van der Waals surface area (Å²) in [6, 6.07) is 0.230. The van der Waals surface area contributed by atoms with E-state index in [4.69, 9.17) is 4.74 Å². The van der Waals surface area contributed by atoms with E-state index in [0.717, 1.165) is 18.5 Å². The van der Waals surface area contributed by atoms with Crippen LogP contribution in [-0.2, 0) is 9.53 Å². The molecule has 0 saturated carbocycles. The zero-order valence-corrected chi connectivity index (χ0v) is 13.5. The molecule has 2 rings (SSSR count). The average molecular weight is 309 g/mol. The quantitative estimate of drug-likeness (QED) is 0.910. The Labute approximate surface area is 129 Å². The third-order valence-corrected chi connectivity index (χ3v) is 4.48. The molecule has 0 unspecified atom stereocenters. The second kappa shape index (κ2) is 6.08. The topological polar surface area (TPSA) is 84.7 Å². The highest BCUT2D eigenvalue weighted by Gasteiger charge is 2.36. The minimum absolute atomic E-state index is 0.230. The molecule has 22 heavy (non-hydrogen) atoms. The van der Waals surface area contributed by atoms with Crippen LogP contribution in [0.4, 0.5) is 0 Å². The second-order valence-corrected chi connectivity index (χ2v) is 6.16. The molecule has 1 aromatic rings. The van der Waals surface area contributed by atoms with Gasteiger partial charge in [-0.2, -0.15) is 5.10 Å². The largest absolute Gasteiger partial charge is 0.480 e. The summed E-state index contributed by atoms with van der Waals surface area (Å²) < 4.78 is 7.20. The fourth-order valence-electron chi connectivity index (χ4n) is 2.51. The van der Waals surface area contributed by atoms with Gasteiger partial charge in [0.15, 0.2) is 0 Å². The number of ether oxygens (including phenoxy) is 1. The summed E-state index contributed by atoms with van der Waals surface area (Å²) in [5.74, 6) is -1.37. The van der Waals surface area contributed by atoms with Gasteiger partial charge in [-0.15, -0.1) is 0 Å². The van der Waals surface area contributed by atoms with Crippen molar-refractivity contribution in [1.29, 1.82) is 0 Å². The predicted octanol–water partition coefficient (Wildman–Crippen LogP) is 1.48. The highest BCUT2D eigenvalue weighted by molar-refractivity contribution is 5.98. The summed E-state index contributed by atoms with van der Waals surface area (Å²) in [5, 5.41) is 13.6. The average Bonchev–Trinajstić information content (AvgIpc) is 2.88. The van der Waals surface area contributed by atoms with Gasteiger partial charge in [0.2, 0.25) is 0 Å². The van der Waals surface area contributed by atoms with Gasteiger partial charge < -0.3 is 14.7 Å². The van der Waals surface area contributed by atoms with E-state index in [9.17, 15) is 14.7 Å². The maximum absolute atomic E-state index is 12.6. The molecule has 0 spiro atoms. The first-order valence-corrected chi connectivity index (χ1v) is 7.40. The van der Waals surface area contributed by atoms with Crippen molar-refractivity contribution < 1.29 is 19.4 Å². The standard InChI is InChI=1S/C15H23N3O4/c1-10-12(13(19)17(4)15(2,3)14(20)21)9-16-18(10)11-5-7-22-8-6-11/h9,11H,5-8H2,1-4H3,(H,20,21). The lowest BCUT2D eigenvalue weighted by Crippen LogP contribution is -2.50. The smallest absolute Gasteiger partial charge is 0.329 e. The van der Waals surface area contributed by atoms with Gasteiger partial charge in [-0.1, -0.05) is 0 Å². The van der Waals surface area contributed by atoms with Crippen LogP contribution in [0.5, 0.6) is 0 Å². The molecule has 1 aromatic heterocycles. The summed E-state index contributed by atoms with van der Waals surface area (Å²) in [6.45, 7) is 6.24. The van der Waals surface area contributed by atoms with Crippen LogP contribution in [0.1, 0.15) is 48.8 Å². The van der Waals surface area contributed by atoms with E-state index in [-0.39, 0.29) is 11.9 Å². The molecule has 7 heteroatoms. The van der Waals surface area contributed by atoms with Crippen molar-refractivity contribution in [3.8, 4) is 0 Å². The lowest BCUT2D eigenvalue weighted by atomic mass is 10.0. The van der Waals surface area contributed by atoms with Crippen LogP contribution in [0.25, 0.3) is 0 Å². The first kappa shape index (κ1) is 16.5. The van der Waals surface area contributed by atoms with Gasteiger partial charge in [-0.05, 0) is 33.6 Å². The fraction of sp³-hybridized carbons (Fsp3) is 0.667. The molecule has 1 fully saturated rings. The van der Waals surface area contributed by atoms with Crippen molar-refractivity contribution in [2.75, 3.05) is 20.3 Å². The Kier molecular flexibility index (Phi) is 4.55. The molecule has 1 amide bonds. The maximum atomic E-state index is 12.6. The summed E-state index contributed by atoms with van der Waals surface area (Å²) >= 11 is 0. The van der Waals surface area contributed by atoms with Crippen LogP contribution in [0.3, 0.4) is 0 Å². The Bertz CT molecular complexity index is 573. The van der Waals surface area contributed by atoms with E-state index >= 15 is 0 Å². The van der Waals surface area contributed by atoms with Crippen molar-refractivity contribution in [3.63, 3.8) is 0 Å². The van der Waals surface area contributed by atoms with Gasteiger partial charge in [-0.3, -0.25) is 9.48 Å². The maximum Gasteiger partial charge on any atom is 0.329 e. The van der Waals surface area contributed by atoms with E-state index in [0.29, 0.717) is 18.8 Å². The zero-order valence-electron chi connectivity index (χ0n) is 13.5. The molecular weight excluding hydrogens is 286 g/mol. The summed E-state index contributed by atoms with van der Waals surface area (Å²) in [5.41, 5.74) is -0.0575. The SMILES string of the molecule is Cc1c(C(=O)N(C)C(C)(C)C(=O)O)cnn1C1CCOCC1. The van der Waals surface area contributed by atoms with E-state index < -0.39 is 11.5 Å². The van der Waals surface area contributed by atoms with Crippen LogP contribution in [-0.4, -0.2) is 57.5 Å². The normalized spacial score (nSPS) is 16.5. The van der Waals surface area contributed by atoms with Gasteiger partial charge in [0.05, 0.1) is 17.8 Å². The molecule has 1 N–H and O–H groups in total. The Morgan fingerprint density at radius 1 is 1.41 bits per heavy atom. The van der Waals surface area contributed by atoms with E-state index in [2.05, 4.69) is 5.10 Å². The highest BCUT2D eigenvalue weighted by atomic mass is 16.5. The number of carbonyl (C=O) groups is 2. The Morgan fingerprint density at radius 3 is 2.55 bits per heavy atom. The number of hydrogen-bond donors (Lipinski definition) is 1. The minimum Gasteiger partial charge on any atom is -0.480 e. The van der Waals surface area contributed by atoms with Crippen molar-refractivity contribution in [2.45, 2.75) is 45.2 Å². The van der Waals surface area contributed by atoms with Crippen LogP contribution in [0, 0.1) is 6.92 Å². The van der Waals surface area contributed by atoms with Crippen molar-refractivity contribution in [3.05, 3.63) is 17.5 Å². The van der Waals surface area contributed by atoms with Crippen LogP contribution in [0.2, 0.25) is 0 Å². The number of aromatic nitrogens is 2. The molecule has 2 heterocycles. The number of amides is 1. The summed E-state index contributed by atoms with van der Waals surface area (Å²) in [7, 11) is 1.50. The van der Waals surface area contributed by atoms with Crippen LogP contribution < -0.4 is 0 Å².